The van der Waals surface area contributed by atoms with E-state index in [4.69, 9.17) is 9.47 Å². The number of rotatable bonds is 9. The first-order valence-electron chi connectivity index (χ1n) is 10.0. The second kappa shape index (κ2) is 10.0. The van der Waals surface area contributed by atoms with E-state index in [0.29, 0.717) is 24.2 Å². The standard InChI is InChI=1S/C25H27NO4/c1-17-15-18(2)26-25(28)22(17)13-14-23(27)19-9-11-20(12-10-19)24(16-29-3)30-21-7-5-4-6-8-21/h4-12,15,24H,13-14,16H2,1-3H3,(H,26,28). The number of para-hydroxylation sites is 1. The second-order valence-corrected chi connectivity index (χ2v) is 7.36. The highest BCUT2D eigenvalue weighted by Gasteiger charge is 2.15. The number of carbonyl (C=O) groups is 1. The van der Waals surface area contributed by atoms with Crippen LogP contribution in [0.3, 0.4) is 0 Å². The number of ketones is 1. The van der Waals surface area contributed by atoms with Gasteiger partial charge in [-0.15, -0.1) is 0 Å². The van der Waals surface area contributed by atoms with Gasteiger partial charge in [0, 0.05) is 30.4 Å². The van der Waals surface area contributed by atoms with E-state index in [1.165, 1.54) is 0 Å². The second-order valence-electron chi connectivity index (χ2n) is 7.36. The Kier molecular flexibility index (Phi) is 7.20. The summed E-state index contributed by atoms with van der Waals surface area (Å²) in [5.74, 6) is 0.770. The van der Waals surface area contributed by atoms with Crippen LogP contribution in [-0.2, 0) is 11.2 Å². The molecule has 3 aromatic rings. The van der Waals surface area contributed by atoms with Gasteiger partial charge >= 0.3 is 0 Å². The van der Waals surface area contributed by atoms with Crippen LogP contribution >= 0.6 is 0 Å². The average molecular weight is 405 g/mol. The molecule has 1 heterocycles. The Labute approximate surface area is 176 Å². The van der Waals surface area contributed by atoms with Gasteiger partial charge in [0.15, 0.2) is 5.78 Å². The number of H-pyrrole nitrogens is 1. The molecule has 156 valence electrons. The average Bonchev–Trinajstić information content (AvgIpc) is 2.73. The first-order valence-corrected chi connectivity index (χ1v) is 10.0. The number of aromatic nitrogens is 1. The molecular formula is C25H27NO4. The third-order valence-electron chi connectivity index (χ3n) is 5.04. The molecule has 5 nitrogen and oxygen atoms in total. The molecule has 0 radical (unpaired) electrons. The number of hydrogen-bond donors (Lipinski definition) is 1. The summed E-state index contributed by atoms with van der Waals surface area (Å²) < 4.78 is 11.3. The number of carbonyl (C=O) groups excluding carboxylic acids is 1. The zero-order valence-corrected chi connectivity index (χ0v) is 17.6. The lowest BCUT2D eigenvalue weighted by atomic mass is 9.99. The van der Waals surface area contributed by atoms with E-state index in [1.54, 1.807) is 19.2 Å². The van der Waals surface area contributed by atoms with Crippen LogP contribution in [0.4, 0.5) is 0 Å². The van der Waals surface area contributed by atoms with Crippen LogP contribution in [0.5, 0.6) is 5.75 Å². The van der Waals surface area contributed by atoms with Gasteiger partial charge in [-0.05, 0) is 49.6 Å². The number of methoxy groups -OCH3 is 1. The fourth-order valence-corrected chi connectivity index (χ4v) is 3.47. The molecule has 2 aromatic carbocycles. The van der Waals surface area contributed by atoms with Crippen molar-refractivity contribution in [2.75, 3.05) is 13.7 Å². The third-order valence-corrected chi connectivity index (χ3v) is 5.04. The molecule has 0 amide bonds. The number of Topliss-reactive ketones (excluding diaryl/α,β-unsaturated/α-hetero) is 1. The molecule has 0 spiro atoms. The fourth-order valence-electron chi connectivity index (χ4n) is 3.47. The molecule has 1 N–H and O–H groups in total. The van der Waals surface area contributed by atoms with E-state index >= 15 is 0 Å². The lowest BCUT2D eigenvalue weighted by Gasteiger charge is -2.19. The zero-order valence-electron chi connectivity index (χ0n) is 17.6. The van der Waals surface area contributed by atoms with Gasteiger partial charge in [-0.2, -0.15) is 0 Å². The molecule has 0 aliphatic carbocycles. The topological polar surface area (TPSA) is 68.4 Å². The Morgan fingerprint density at radius 2 is 1.73 bits per heavy atom. The van der Waals surface area contributed by atoms with E-state index in [1.807, 2.05) is 62.4 Å². The van der Waals surface area contributed by atoms with Crippen molar-refractivity contribution in [3.8, 4) is 5.75 Å². The van der Waals surface area contributed by atoms with Crippen molar-refractivity contribution in [3.05, 3.63) is 99.0 Å². The molecule has 30 heavy (non-hydrogen) atoms. The molecule has 0 aliphatic heterocycles. The molecule has 0 fully saturated rings. The molecule has 0 aliphatic rings. The maximum Gasteiger partial charge on any atom is 0.251 e. The molecule has 3 rings (SSSR count). The molecule has 0 saturated heterocycles. The Morgan fingerprint density at radius 3 is 2.37 bits per heavy atom. The maximum atomic E-state index is 12.6. The van der Waals surface area contributed by atoms with Crippen molar-refractivity contribution < 1.29 is 14.3 Å². The van der Waals surface area contributed by atoms with Gasteiger partial charge in [-0.25, -0.2) is 0 Å². The van der Waals surface area contributed by atoms with Crippen LogP contribution in [0.15, 0.2) is 65.5 Å². The molecule has 1 unspecified atom stereocenters. The molecule has 0 saturated carbocycles. The minimum Gasteiger partial charge on any atom is -0.483 e. The lowest BCUT2D eigenvalue weighted by molar-refractivity contribution is 0.0809. The van der Waals surface area contributed by atoms with Crippen LogP contribution < -0.4 is 10.3 Å². The van der Waals surface area contributed by atoms with E-state index in [9.17, 15) is 9.59 Å². The van der Waals surface area contributed by atoms with Gasteiger partial charge in [0.05, 0.1) is 6.61 Å². The largest absolute Gasteiger partial charge is 0.483 e. The number of benzene rings is 2. The van der Waals surface area contributed by atoms with Crippen LogP contribution in [0, 0.1) is 13.8 Å². The minimum absolute atomic E-state index is 0.00759. The highest BCUT2D eigenvalue weighted by Crippen LogP contribution is 2.23. The van der Waals surface area contributed by atoms with Crippen LogP contribution in [0.2, 0.25) is 0 Å². The predicted molar refractivity (Wildman–Crippen MR) is 117 cm³/mol. The summed E-state index contributed by atoms with van der Waals surface area (Å²) in [5, 5.41) is 0. The van der Waals surface area contributed by atoms with Gasteiger partial charge in [0.1, 0.15) is 11.9 Å². The monoisotopic (exact) mass is 405 g/mol. The van der Waals surface area contributed by atoms with Crippen molar-refractivity contribution >= 4 is 5.78 Å². The zero-order chi connectivity index (χ0) is 21.5. The van der Waals surface area contributed by atoms with Crippen LogP contribution in [0.25, 0.3) is 0 Å². The number of nitrogens with one attached hydrogen (secondary N) is 1. The highest BCUT2D eigenvalue weighted by atomic mass is 16.5. The summed E-state index contributed by atoms with van der Waals surface area (Å²) in [5.41, 5.74) is 3.85. The van der Waals surface area contributed by atoms with Crippen molar-refractivity contribution in [2.45, 2.75) is 32.8 Å². The van der Waals surface area contributed by atoms with Gasteiger partial charge in [0.25, 0.3) is 5.56 Å². The third kappa shape index (κ3) is 5.45. The van der Waals surface area contributed by atoms with Gasteiger partial charge < -0.3 is 14.5 Å². The molecule has 1 aromatic heterocycles. The summed E-state index contributed by atoms with van der Waals surface area (Å²) in [4.78, 5) is 27.6. The van der Waals surface area contributed by atoms with Crippen LogP contribution in [0.1, 0.15) is 45.3 Å². The summed E-state index contributed by atoms with van der Waals surface area (Å²) in [6.07, 6.45) is 0.440. The Hall–Kier alpha value is -3.18. The fraction of sp³-hybridized carbons (Fsp3) is 0.280. The number of aryl methyl sites for hydroxylation is 2. The predicted octanol–water partition coefficient (Wildman–Crippen LogP) is 4.57. The first-order chi connectivity index (χ1) is 14.5. The van der Waals surface area contributed by atoms with Crippen molar-refractivity contribution in [3.63, 3.8) is 0 Å². The number of hydrogen-bond acceptors (Lipinski definition) is 4. The first kappa shape index (κ1) is 21.5. The number of aromatic amines is 1. The summed E-state index contributed by atoms with van der Waals surface area (Å²) in [6.45, 7) is 4.15. The van der Waals surface area contributed by atoms with Crippen LogP contribution in [-0.4, -0.2) is 24.5 Å². The Morgan fingerprint density at radius 1 is 1.03 bits per heavy atom. The maximum absolute atomic E-state index is 12.6. The van der Waals surface area contributed by atoms with Gasteiger partial charge in [-0.3, -0.25) is 9.59 Å². The molecule has 1 atom stereocenters. The Bertz CT molecular complexity index is 1040. The summed E-state index contributed by atoms with van der Waals surface area (Å²) in [7, 11) is 1.63. The normalized spacial score (nSPS) is 11.8. The summed E-state index contributed by atoms with van der Waals surface area (Å²) in [6, 6.07) is 18.9. The van der Waals surface area contributed by atoms with E-state index < -0.39 is 0 Å². The van der Waals surface area contributed by atoms with Gasteiger partial charge in [-0.1, -0.05) is 42.5 Å². The molecular weight excluding hydrogens is 378 g/mol. The van der Waals surface area contributed by atoms with E-state index in [2.05, 4.69) is 4.98 Å². The molecule has 0 bridgehead atoms. The highest BCUT2D eigenvalue weighted by molar-refractivity contribution is 5.96. The van der Waals surface area contributed by atoms with Crippen molar-refractivity contribution in [1.82, 2.24) is 4.98 Å². The molecule has 5 heteroatoms. The number of pyridine rings is 1. The van der Waals surface area contributed by atoms with E-state index in [0.717, 1.165) is 22.6 Å². The van der Waals surface area contributed by atoms with E-state index in [-0.39, 0.29) is 23.9 Å². The number of ether oxygens (including phenoxy) is 2. The van der Waals surface area contributed by atoms with Crippen molar-refractivity contribution in [1.29, 1.82) is 0 Å². The lowest BCUT2D eigenvalue weighted by Crippen LogP contribution is -2.17. The smallest absolute Gasteiger partial charge is 0.251 e. The summed E-state index contributed by atoms with van der Waals surface area (Å²) >= 11 is 0. The van der Waals surface area contributed by atoms with Gasteiger partial charge in [0.2, 0.25) is 0 Å². The SMILES string of the molecule is COCC(Oc1ccccc1)c1ccc(C(=O)CCc2c(C)cc(C)[nH]c2=O)cc1. The quantitative estimate of drug-likeness (QED) is 0.530. The Balaban J connectivity index is 1.68. The van der Waals surface area contributed by atoms with Crippen molar-refractivity contribution in [2.24, 2.45) is 0 Å². The minimum atomic E-state index is -0.268.